The van der Waals surface area contributed by atoms with Gasteiger partial charge in [0.05, 0.1) is 25.3 Å². The molecule has 1 amide bonds. The van der Waals surface area contributed by atoms with Crippen LogP contribution in [-0.4, -0.2) is 46.8 Å². The molecule has 1 unspecified atom stereocenters. The van der Waals surface area contributed by atoms with Crippen molar-refractivity contribution < 1.29 is 19.4 Å². The van der Waals surface area contributed by atoms with E-state index in [1.165, 1.54) is 7.11 Å². The number of methoxy groups -OCH3 is 1. The maximum absolute atomic E-state index is 13.5. The van der Waals surface area contributed by atoms with Gasteiger partial charge in [-0.25, -0.2) is 4.79 Å². The highest BCUT2D eigenvalue weighted by atomic mass is 16.6. The molecule has 7 heteroatoms. The normalized spacial score (nSPS) is 21.0. The molecule has 2 aliphatic rings. The maximum Gasteiger partial charge on any atom is 0.411 e. The molecule has 0 aromatic heterocycles. The van der Waals surface area contributed by atoms with Crippen LogP contribution in [0.25, 0.3) is 0 Å². The van der Waals surface area contributed by atoms with Gasteiger partial charge in [-0.1, -0.05) is 54.6 Å². The van der Waals surface area contributed by atoms with E-state index < -0.39 is 11.1 Å². The summed E-state index contributed by atoms with van der Waals surface area (Å²) in [5.41, 5.74) is 1.97. The Morgan fingerprint density at radius 1 is 1.03 bits per heavy atom. The smallest absolute Gasteiger partial charge is 0.411 e. The molecule has 1 N–H and O–H groups in total. The van der Waals surface area contributed by atoms with Crippen molar-refractivity contribution in [2.24, 2.45) is 0 Å². The molecule has 190 valence electrons. The van der Waals surface area contributed by atoms with E-state index in [1.807, 2.05) is 42.5 Å². The molecule has 2 saturated heterocycles. The molecule has 0 radical (unpaired) electrons. The van der Waals surface area contributed by atoms with Gasteiger partial charge in [-0.3, -0.25) is 9.80 Å². The number of carbonyl (C=O) groups is 1. The Labute approximate surface area is 217 Å². The standard InChI is InChI=1S/C30H31N3O4/c1-29(25-10-4-3-5-11-25)30(37-28(35)33(29)21-24-9-7-6-8-23(24)19-31)14-16-32(17-15-30)20-22-12-13-27(36-2)26(34)18-22/h3-13,18,34H,14-17,20-21H2,1-2H3. The molecule has 2 aliphatic heterocycles. The summed E-state index contributed by atoms with van der Waals surface area (Å²) in [6, 6.07) is 25.2. The summed E-state index contributed by atoms with van der Waals surface area (Å²) in [6.07, 6.45) is 0.985. The lowest BCUT2D eigenvalue weighted by molar-refractivity contribution is -0.0614. The molecular weight excluding hydrogens is 466 g/mol. The minimum absolute atomic E-state index is 0.128. The molecule has 5 rings (SSSR count). The van der Waals surface area contributed by atoms with Gasteiger partial charge in [-0.15, -0.1) is 0 Å². The molecule has 1 atom stereocenters. The summed E-state index contributed by atoms with van der Waals surface area (Å²) >= 11 is 0. The molecule has 3 aromatic rings. The van der Waals surface area contributed by atoms with Crippen molar-refractivity contribution in [2.45, 2.75) is 44.0 Å². The zero-order chi connectivity index (χ0) is 26.0. The fourth-order valence-corrected chi connectivity index (χ4v) is 5.85. The highest BCUT2D eigenvalue weighted by Gasteiger charge is 2.63. The summed E-state index contributed by atoms with van der Waals surface area (Å²) in [5.74, 6) is 0.582. The van der Waals surface area contributed by atoms with Crippen LogP contribution in [-0.2, 0) is 23.4 Å². The first-order chi connectivity index (χ1) is 17.9. The minimum Gasteiger partial charge on any atom is -0.504 e. The summed E-state index contributed by atoms with van der Waals surface area (Å²) in [7, 11) is 1.54. The van der Waals surface area contributed by atoms with E-state index in [4.69, 9.17) is 9.47 Å². The number of likely N-dealkylation sites (tertiary alicyclic amines) is 1. The average molecular weight is 498 g/mol. The number of hydrogen-bond acceptors (Lipinski definition) is 6. The molecule has 1 spiro atoms. The van der Waals surface area contributed by atoms with Crippen molar-refractivity contribution in [3.05, 3.63) is 95.1 Å². The predicted molar refractivity (Wildman–Crippen MR) is 139 cm³/mol. The van der Waals surface area contributed by atoms with E-state index in [-0.39, 0.29) is 11.8 Å². The molecule has 37 heavy (non-hydrogen) atoms. The van der Waals surface area contributed by atoms with Crippen molar-refractivity contribution >= 4 is 6.09 Å². The van der Waals surface area contributed by atoms with Crippen molar-refractivity contribution in [3.63, 3.8) is 0 Å². The summed E-state index contributed by atoms with van der Waals surface area (Å²) in [5, 5.41) is 19.8. The number of nitrogens with zero attached hydrogens (tertiary/aromatic N) is 3. The molecule has 0 aliphatic carbocycles. The van der Waals surface area contributed by atoms with Gasteiger partial charge >= 0.3 is 6.09 Å². The van der Waals surface area contributed by atoms with E-state index in [1.54, 1.807) is 23.1 Å². The number of ether oxygens (including phenoxy) is 2. The minimum atomic E-state index is -0.710. The van der Waals surface area contributed by atoms with Crippen molar-refractivity contribution in [3.8, 4) is 17.6 Å². The van der Waals surface area contributed by atoms with Gasteiger partial charge in [0, 0.05) is 32.5 Å². The lowest BCUT2D eigenvalue weighted by Crippen LogP contribution is -2.58. The molecule has 0 saturated carbocycles. The van der Waals surface area contributed by atoms with Crippen LogP contribution in [0.15, 0.2) is 72.8 Å². The van der Waals surface area contributed by atoms with Crippen LogP contribution in [0.4, 0.5) is 4.79 Å². The average Bonchev–Trinajstić information content (AvgIpc) is 3.12. The fraction of sp³-hybridized carbons (Fsp3) is 0.333. The van der Waals surface area contributed by atoms with Gasteiger partial charge in [0.15, 0.2) is 11.5 Å². The van der Waals surface area contributed by atoms with E-state index >= 15 is 0 Å². The van der Waals surface area contributed by atoms with Crippen LogP contribution in [0.5, 0.6) is 11.5 Å². The Kier molecular flexibility index (Phi) is 6.53. The van der Waals surface area contributed by atoms with E-state index in [0.29, 0.717) is 37.2 Å². The van der Waals surface area contributed by atoms with Crippen LogP contribution in [0.3, 0.4) is 0 Å². The first-order valence-corrected chi connectivity index (χ1v) is 12.5. The van der Waals surface area contributed by atoms with Gasteiger partial charge in [0.25, 0.3) is 0 Å². The van der Waals surface area contributed by atoms with Gasteiger partial charge in [-0.05, 0) is 41.8 Å². The first kappa shape index (κ1) is 24.7. The highest BCUT2D eigenvalue weighted by molar-refractivity contribution is 5.74. The van der Waals surface area contributed by atoms with Gasteiger partial charge in [0.2, 0.25) is 0 Å². The van der Waals surface area contributed by atoms with Crippen molar-refractivity contribution in [1.82, 2.24) is 9.80 Å². The lowest BCUT2D eigenvalue weighted by Gasteiger charge is -2.48. The molecule has 0 bridgehead atoms. The highest BCUT2D eigenvalue weighted by Crippen LogP contribution is 2.52. The number of piperidine rings is 1. The molecule has 2 heterocycles. The number of phenolic OH excluding ortho intramolecular Hbond substituents is 1. The Morgan fingerprint density at radius 3 is 2.41 bits per heavy atom. The van der Waals surface area contributed by atoms with Crippen LogP contribution in [0, 0.1) is 11.3 Å². The second-order valence-electron chi connectivity index (χ2n) is 9.94. The number of benzene rings is 3. The summed E-state index contributed by atoms with van der Waals surface area (Å²) in [4.78, 5) is 17.6. The number of aromatic hydroxyl groups is 1. The van der Waals surface area contributed by atoms with Gasteiger partial charge in [0.1, 0.15) is 11.1 Å². The first-order valence-electron chi connectivity index (χ1n) is 12.5. The molecular formula is C30H31N3O4. The van der Waals surface area contributed by atoms with Gasteiger partial charge in [-0.2, -0.15) is 5.26 Å². The molecule has 2 fully saturated rings. The fourth-order valence-electron chi connectivity index (χ4n) is 5.85. The summed E-state index contributed by atoms with van der Waals surface area (Å²) < 4.78 is 11.4. The van der Waals surface area contributed by atoms with Crippen LogP contribution < -0.4 is 4.74 Å². The Balaban J connectivity index is 1.43. The Morgan fingerprint density at radius 2 is 1.73 bits per heavy atom. The quantitative estimate of drug-likeness (QED) is 0.505. The van der Waals surface area contributed by atoms with Gasteiger partial charge < -0.3 is 14.6 Å². The Hall–Kier alpha value is -4.02. The van der Waals surface area contributed by atoms with Crippen LogP contribution in [0.1, 0.15) is 42.0 Å². The SMILES string of the molecule is COc1ccc(CN2CCC3(CC2)OC(=O)N(Cc2ccccc2C#N)C3(C)c2ccccc2)cc1O. The maximum atomic E-state index is 13.5. The van der Waals surface area contributed by atoms with Crippen LogP contribution >= 0.6 is 0 Å². The predicted octanol–water partition coefficient (Wildman–Crippen LogP) is 5.17. The molecule has 3 aromatic carbocycles. The van der Waals surface area contributed by atoms with E-state index in [9.17, 15) is 15.2 Å². The number of carbonyl (C=O) groups excluding carboxylic acids is 1. The van der Waals surface area contributed by atoms with Crippen molar-refractivity contribution in [2.75, 3.05) is 20.2 Å². The number of rotatable bonds is 6. The molecule has 7 nitrogen and oxygen atoms in total. The van der Waals surface area contributed by atoms with Crippen LogP contribution in [0.2, 0.25) is 0 Å². The zero-order valence-corrected chi connectivity index (χ0v) is 21.2. The van der Waals surface area contributed by atoms with Crippen molar-refractivity contribution in [1.29, 1.82) is 5.26 Å². The zero-order valence-electron chi connectivity index (χ0n) is 21.2. The second-order valence-corrected chi connectivity index (χ2v) is 9.94. The van der Waals surface area contributed by atoms with E-state index in [2.05, 4.69) is 30.0 Å². The number of nitriles is 1. The largest absolute Gasteiger partial charge is 0.504 e. The monoisotopic (exact) mass is 497 g/mol. The number of amides is 1. The van der Waals surface area contributed by atoms with E-state index in [0.717, 1.165) is 29.8 Å². The third-order valence-corrected chi connectivity index (χ3v) is 8.05. The number of hydrogen-bond donors (Lipinski definition) is 1. The third-order valence-electron chi connectivity index (χ3n) is 8.05. The summed E-state index contributed by atoms with van der Waals surface area (Å²) in [6.45, 7) is 4.56. The lowest BCUT2D eigenvalue weighted by atomic mass is 9.70. The second kappa shape index (κ2) is 9.79. The topological polar surface area (TPSA) is 86.0 Å². The third kappa shape index (κ3) is 4.28. The number of phenols is 1. The Bertz CT molecular complexity index is 1330.